The Bertz CT molecular complexity index is 1350. The fraction of sp³-hybridized carbons (Fsp3) is 0.387. The molecule has 39 heavy (non-hydrogen) atoms. The van der Waals surface area contributed by atoms with Gasteiger partial charge in [0, 0.05) is 39.3 Å². The van der Waals surface area contributed by atoms with Crippen LogP contribution in [0.5, 0.6) is 0 Å². The molecule has 3 atom stereocenters. The highest BCUT2D eigenvalue weighted by molar-refractivity contribution is 6.30. The van der Waals surface area contributed by atoms with Crippen molar-refractivity contribution in [3.63, 3.8) is 0 Å². The summed E-state index contributed by atoms with van der Waals surface area (Å²) in [5.41, 5.74) is 0.376. The zero-order chi connectivity index (χ0) is 28.0. The first-order chi connectivity index (χ1) is 18.6. The molecule has 1 unspecified atom stereocenters. The highest BCUT2D eigenvalue weighted by atomic mass is 35.5. The summed E-state index contributed by atoms with van der Waals surface area (Å²) in [6, 6.07) is 19.7. The van der Waals surface area contributed by atoms with Crippen LogP contribution in [-0.2, 0) is 20.8 Å². The van der Waals surface area contributed by atoms with Crippen molar-refractivity contribution in [2.75, 3.05) is 26.9 Å². The van der Waals surface area contributed by atoms with Crippen molar-refractivity contribution in [1.29, 1.82) is 0 Å². The van der Waals surface area contributed by atoms with Crippen LogP contribution in [0.3, 0.4) is 0 Å². The van der Waals surface area contributed by atoms with Crippen LogP contribution in [0.25, 0.3) is 0 Å². The molecule has 0 radical (unpaired) electrons. The number of carbonyl (C=O) groups is 1. The number of hydrogen-bond donors (Lipinski definition) is 2. The van der Waals surface area contributed by atoms with Crippen LogP contribution < -0.4 is 0 Å². The van der Waals surface area contributed by atoms with Gasteiger partial charge in [-0.2, -0.15) is 0 Å². The first kappa shape index (κ1) is 28.1. The van der Waals surface area contributed by atoms with Gasteiger partial charge in [-0.25, -0.2) is 0 Å². The Morgan fingerprint density at radius 2 is 1.64 bits per heavy atom. The summed E-state index contributed by atoms with van der Waals surface area (Å²) in [6.45, 7) is 3.97. The quantitative estimate of drug-likeness (QED) is 0.310. The number of carbonyl (C=O) groups excluding carboxylic acids is 1. The first-order valence-corrected chi connectivity index (χ1v) is 13.8. The molecule has 2 N–H and O–H groups in total. The van der Waals surface area contributed by atoms with E-state index in [9.17, 15) is 15.0 Å². The first-order valence-electron chi connectivity index (χ1n) is 13.0. The second kappa shape index (κ2) is 10.5. The lowest BCUT2D eigenvalue weighted by Gasteiger charge is -2.43. The van der Waals surface area contributed by atoms with Gasteiger partial charge in [0.2, 0.25) is 0 Å². The molecule has 3 aromatic carbocycles. The zero-order valence-corrected chi connectivity index (χ0v) is 23.8. The topological polar surface area (TPSA) is 79.2 Å². The monoisotopic (exact) mass is 569 g/mol. The number of nitrogens with zero attached hydrogens (tertiary/aromatic N) is 1. The van der Waals surface area contributed by atoms with Gasteiger partial charge in [0.25, 0.3) is 5.91 Å². The predicted molar refractivity (Wildman–Crippen MR) is 151 cm³/mol. The number of rotatable bonds is 10. The van der Waals surface area contributed by atoms with Crippen LogP contribution in [0.2, 0.25) is 10.0 Å². The van der Waals surface area contributed by atoms with E-state index in [0.29, 0.717) is 26.7 Å². The number of halogens is 2. The summed E-state index contributed by atoms with van der Waals surface area (Å²) in [5, 5.41) is 22.3. The Morgan fingerprint density at radius 1 is 1.03 bits per heavy atom. The second-order valence-corrected chi connectivity index (χ2v) is 11.8. The van der Waals surface area contributed by atoms with Crippen molar-refractivity contribution in [2.45, 2.75) is 44.1 Å². The minimum absolute atomic E-state index is 0.00998. The molecule has 1 heterocycles. The SMILES string of the molecule is COCC(C)(O)c1ccc2c(c1)C(=O)N([C@@H](C)c1ccc(Cl)cc1)[C@@]2(OCC1(CO)CC1)c1ccc(Cl)cc1. The maximum atomic E-state index is 14.4. The Labute approximate surface area is 239 Å². The molecule has 1 aliphatic heterocycles. The Morgan fingerprint density at radius 3 is 2.21 bits per heavy atom. The molecule has 0 saturated heterocycles. The number of ether oxygens (including phenoxy) is 2. The molecule has 3 aromatic rings. The molecule has 1 aliphatic carbocycles. The Balaban J connectivity index is 1.73. The zero-order valence-electron chi connectivity index (χ0n) is 22.3. The molecule has 6 nitrogen and oxygen atoms in total. The van der Waals surface area contributed by atoms with Crippen LogP contribution in [0, 0.1) is 5.41 Å². The maximum Gasteiger partial charge on any atom is 0.257 e. The summed E-state index contributed by atoms with van der Waals surface area (Å²) < 4.78 is 12.1. The van der Waals surface area contributed by atoms with Gasteiger partial charge in [-0.05, 0) is 68.1 Å². The summed E-state index contributed by atoms with van der Waals surface area (Å²) >= 11 is 12.5. The van der Waals surface area contributed by atoms with Gasteiger partial charge < -0.3 is 19.7 Å². The van der Waals surface area contributed by atoms with Gasteiger partial charge in [0.15, 0.2) is 5.72 Å². The van der Waals surface area contributed by atoms with Crippen LogP contribution in [0.15, 0.2) is 66.7 Å². The third kappa shape index (κ3) is 4.99. The predicted octanol–water partition coefficient (Wildman–Crippen LogP) is 6.05. The number of hydrogen-bond acceptors (Lipinski definition) is 5. The molecule has 0 bridgehead atoms. The third-order valence-corrected chi connectivity index (χ3v) is 8.58. The number of fused-ring (bicyclic) bond motifs is 1. The van der Waals surface area contributed by atoms with Gasteiger partial charge >= 0.3 is 0 Å². The van der Waals surface area contributed by atoms with E-state index < -0.39 is 17.4 Å². The normalized spacial score (nSPS) is 21.9. The van der Waals surface area contributed by atoms with Gasteiger partial charge in [0.05, 0.1) is 25.9 Å². The summed E-state index contributed by atoms with van der Waals surface area (Å²) in [7, 11) is 1.52. The van der Waals surface area contributed by atoms with Crippen LogP contribution >= 0.6 is 23.2 Å². The molecule has 5 rings (SSSR count). The average molecular weight is 571 g/mol. The summed E-state index contributed by atoms with van der Waals surface area (Å²) in [5.74, 6) is -0.230. The minimum Gasteiger partial charge on any atom is -0.396 e. The van der Waals surface area contributed by atoms with Crippen LogP contribution in [0.4, 0.5) is 0 Å². The van der Waals surface area contributed by atoms with Gasteiger partial charge in [0.1, 0.15) is 5.60 Å². The third-order valence-electron chi connectivity index (χ3n) is 8.08. The largest absolute Gasteiger partial charge is 0.396 e. The number of benzene rings is 3. The highest BCUT2D eigenvalue weighted by Gasteiger charge is 2.56. The molecule has 1 saturated carbocycles. The van der Waals surface area contributed by atoms with E-state index >= 15 is 0 Å². The van der Waals surface area contributed by atoms with Gasteiger partial charge in [-0.15, -0.1) is 0 Å². The number of amides is 1. The molecule has 2 aliphatic rings. The lowest BCUT2D eigenvalue weighted by molar-refractivity contribution is -0.137. The molecule has 206 valence electrons. The number of aliphatic hydroxyl groups is 2. The second-order valence-electron chi connectivity index (χ2n) is 11.0. The Hall–Kier alpha value is -2.45. The van der Waals surface area contributed by atoms with E-state index in [4.69, 9.17) is 32.7 Å². The smallest absolute Gasteiger partial charge is 0.257 e. The molecule has 0 aromatic heterocycles. The molecule has 1 fully saturated rings. The lowest BCUT2D eigenvalue weighted by Crippen LogP contribution is -2.49. The minimum atomic E-state index is -1.30. The summed E-state index contributed by atoms with van der Waals surface area (Å²) in [6.07, 6.45) is 1.71. The number of aliphatic hydroxyl groups excluding tert-OH is 1. The highest BCUT2D eigenvalue weighted by Crippen LogP contribution is 2.53. The van der Waals surface area contributed by atoms with E-state index in [0.717, 1.165) is 24.0 Å². The molecular formula is C31H33Cl2NO5. The van der Waals surface area contributed by atoms with Crippen LogP contribution in [0.1, 0.15) is 65.3 Å². The molecule has 1 amide bonds. The van der Waals surface area contributed by atoms with Gasteiger partial charge in [-0.3, -0.25) is 9.69 Å². The standard InChI is InChI=1S/C31H33Cl2NO5/c1-20(21-4-9-24(32)10-5-21)34-28(36)26-16-23(29(2,37)18-38-3)8-13-27(26)31(34,22-6-11-25(33)12-7-22)39-19-30(17-35)14-15-30/h4-13,16,20,35,37H,14-15,17-19H2,1-3H3/t20-,29?,31+/m0/s1. The van der Waals surface area contributed by atoms with Crippen molar-refractivity contribution < 1.29 is 24.5 Å². The van der Waals surface area contributed by atoms with E-state index in [2.05, 4.69) is 0 Å². The molecular weight excluding hydrogens is 537 g/mol. The van der Waals surface area contributed by atoms with Crippen molar-refractivity contribution in [3.8, 4) is 0 Å². The van der Waals surface area contributed by atoms with E-state index in [1.807, 2.05) is 43.3 Å². The summed E-state index contributed by atoms with van der Waals surface area (Å²) in [4.78, 5) is 16.2. The van der Waals surface area contributed by atoms with Crippen molar-refractivity contribution in [1.82, 2.24) is 4.90 Å². The fourth-order valence-corrected chi connectivity index (χ4v) is 5.69. The molecule has 0 spiro atoms. The lowest BCUT2D eigenvalue weighted by atomic mass is 9.88. The fourth-order valence-electron chi connectivity index (χ4n) is 5.44. The van der Waals surface area contributed by atoms with E-state index in [-0.39, 0.29) is 31.1 Å². The average Bonchev–Trinajstić information content (AvgIpc) is 3.67. The number of methoxy groups -OCH3 is 1. The van der Waals surface area contributed by atoms with Crippen LogP contribution in [-0.4, -0.2) is 48.0 Å². The maximum absolute atomic E-state index is 14.4. The van der Waals surface area contributed by atoms with E-state index in [1.165, 1.54) is 7.11 Å². The van der Waals surface area contributed by atoms with Gasteiger partial charge in [-0.1, -0.05) is 59.6 Å². The van der Waals surface area contributed by atoms with E-state index in [1.54, 1.807) is 42.2 Å². The van der Waals surface area contributed by atoms with Crippen molar-refractivity contribution >= 4 is 29.1 Å². The molecule has 8 heteroatoms. The van der Waals surface area contributed by atoms with Crippen molar-refractivity contribution in [3.05, 3.63) is 105 Å². The Kier molecular flexibility index (Phi) is 7.57. The van der Waals surface area contributed by atoms with Crippen molar-refractivity contribution in [2.24, 2.45) is 5.41 Å².